The minimum Gasteiger partial charge on any atom is -0.445 e. The normalized spacial score (nSPS) is 13.0. The Morgan fingerprint density at radius 1 is 1.20 bits per heavy atom. The third-order valence-corrected chi connectivity index (χ3v) is 4.43. The molecule has 1 unspecified atom stereocenters. The van der Waals surface area contributed by atoms with E-state index in [-0.39, 0.29) is 5.92 Å². The second kappa shape index (κ2) is 6.62. The molecule has 4 aromatic rings. The van der Waals surface area contributed by atoms with E-state index in [2.05, 4.69) is 34.1 Å². The molecule has 4 rings (SSSR count). The smallest absolute Gasteiger partial charge is 0.238 e. The lowest BCUT2D eigenvalue weighted by atomic mass is 10.0. The largest absolute Gasteiger partial charge is 0.445 e. The zero-order valence-corrected chi connectivity index (χ0v) is 14.5. The number of aromatic nitrogens is 7. The summed E-state index contributed by atoms with van der Waals surface area (Å²) in [6.45, 7) is 4.40. The van der Waals surface area contributed by atoms with Crippen LogP contribution in [0, 0.1) is 0 Å². The van der Waals surface area contributed by atoms with Gasteiger partial charge >= 0.3 is 0 Å². The number of rotatable bonds is 7. The van der Waals surface area contributed by atoms with Crippen LogP contribution in [0.1, 0.15) is 57.7 Å². The van der Waals surface area contributed by atoms with Gasteiger partial charge in [0, 0.05) is 12.0 Å². The molecular formula is C17H21N7O. The van der Waals surface area contributed by atoms with Crippen LogP contribution in [0.3, 0.4) is 0 Å². The predicted molar refractivity (Wildman–Crippen MR) is 92.6 cm³/mol. The zero-order valence-electron chi connectivity index (χ0n) is 14.5. The molecule has 0 aromatic carbocycles. The van der Waals surface area contributed by atoms with Gasteiger partial charge in [-0.3, -0.25) is 0 Å². The van der Waals surface area contributed by atoms with E-state index < -0.39 is 0 Å². The Labute approximate surface area is 144 Å². The van der Waals surface area contributed by atoms with E-state index in [0.29, 0.717) is 22.7 Å². The summed E-state index contributed by atoms with van der Waals surface area (Å²) in [6.07, 6.45) is 9.14. The van der Waals surface area contributed by atoms with Crippen molar-refractivity contribution < 1.29 is 4.42 Å². The summed E-state index contributed by atoms with van der Waals surface area (Å²) < 4.78 is 7.15. The Hall–Kier alpha value is -2.77. The molecule has 130 valence electrons. The molecule has 0 aliphatic carbocycles. The molecule has 1 atom stereocenters. The predicted octanol–water partition coefficient (Wildman–Crippen LogP) is 3.53. The average Bonchev–Trinajstić information content (AvgIpc) is 3.36. The molecule has 4 aromatic heterocycles. The fourth-order valence-electron chi connectivity index (χ4n) is 3.05. The molecule has 0 saturated heterocycles. The zero-order chi connectivity index (χ0) is 17.2. The third kappa shape index (κ3) is 2.88. The average molecular weight is 339 g/mol. The quantitative estimate of drug-likeness (QED) is 0.479. The molecule has 0 spiro atoms. The molecule has 4 heterocycles. The standard InChI is InChI=1S/C17H21N7O/c1-3-4-5-6-8-12(2)16-20-15-14(17-18-11-19-23(16)17)21-24(22-15)13-9-7-10-25-13/h7,9-12H,3-6,8H2,1-2H3. The van der Waals surface area contributed by atoms with E-state index in [0.717, 1.165) is 12.2 Å². The Morgan fingerprint density at radius 3 is 2.92 bits per heavy atom. The molecule has 0 aliphatic heterocycles. The first-order valence-electron chi connectivity index (χ1n) is 8.78. The summed E-state index contributed by atoms with van der Waals surface area (Å²) in [7, 11) is 0. The van der Waals surface area contributed by atoms with E-state index in [1.165, 1.54) is 36.8 Å². The van der Waals surface area contributed by atoms with Crippen molar-refractivity contribution in [2.75, 3.05) is 0 Å². The van der Waals surface area contributed by atoms with Gasteiger partial charge in [-0.05, 0) is 12.5 Å². The van der Waals surface area contributed by atoms with Crippen molar-refractivity contribution in [3.63, 3.8) is 0 Å². The van der Waals surface area contributed by atoms with Crippen molar-refractivity contribution in [2.24, 2.45) is 0 Å². The third-order valence-electron chi connectivity index (χ3n) is 4.43. The van der Waals surface area contributed by atoms with Crippen molar-refractivity contribution >= 4 is 16.8 Å². The minimum absolute atomic E-state index is 0.277. The summed E-state index contributed by atoms with van der Waals surface area (Å²) in [6, 6.07) is 3.60. The molecule has 0 aliphatic rings. The Kier molecular flexibility index (Phi) is 4.17. The Balaban J connectivity index is 1.72. The van der Waals surface area contributed by atoms with Gasteiger partial charge in [0.25, 0.3) is 0 Å². The highest BCUT2D eigenvalue weighted by Gasteiger charge is 2.19. The van der Waals surface area contributed by atoms with Crippen LogP contribution in [0.15, 0.2) is 29.1 Å². The monoisotopic (exact) mass is 339 g/mol. The van der Waals surface area contributed by atoms with E-state index in [4.69, 9.17) is 9.40 Å². The van der Waals surface area contributed by atoms with E-state index in [9.17, 15) is 0 Å². The first-order chi connectivity index (χ1) is 12.3. The molecule has 0 fully saturated rings. The van der Waals surface area contributed by atoms with Crippen LogP contribution in [-0.4, -0.2) is 34.6 Å². The summed E-state index contributed by atoms with van der Waals surface area (Å²) >= 11 is 0. The van der Waals surface area contributed by atoms with Gasteiger partial charge in [-0.25, -0.2) is 9.97 Å². The second-order valence-electron chi connectivity index (χ2n) is 6.33. The van der Waals surface area contributed by atoms with Crippen LogP contribution in [0.5, 0.6) is 0 Å². The number of fused-ring (bicyclic) bond motifs is 3. The topological polar surface area (TPSA) is 86.9 Å². The highest BCUT2D eigenvalue weighted by molar-refractivity contribution is 5.84. The van der Waals surface area contributed by atoms with Crippen LogP contribution >= 0.6 is 0 Å². The molecule has 8 heteroatoms. The number of furan rings is 1. The van der Waals surface area contributed by atoms with Crippen molar-refractivity contribution in [1.29, 1.82) is 0 Å². The maximum Gasteiger partial charge on any atom is 0.238 e. The van der Waals surface area contributed by atoms with Crippen molar-refractivity contribution in [3.05, 3.63) is 30.5 Å². The Bertz CT molecular complexity index is 970. The highest BCUT2D eigenvalue weighted by Crippen LogP contribution is 2.24. The highest BCUT2D eigenvalue weighted by atomic mass is 16.3. The fourth-order valence-corrected chi connectivity index (χ4v) is 3.05. The van der Waals surface area contributed by atoms with Crippen LogP contribution in [0.2, 0.25) is 0 Å². The molecule has 8 nitrogen and oxygen atoms in total. The van der Waals surface area contributed by atoms with Crippen LogP contribution in [0.25, 0.3) is 22.7 Å². The molecular weight excluding hydrogens is 318 g/mol. The number of unbranched alkanes of at least 4 members (excludes halogenated alkanes) is 3. The van der Waals surface area contributed by atoms with Gasteiger partial charge in [0.1, 0.15) is 12.2 Å². The van der Waals surface area contributed by atoms with E-state index in [1.807, 2.05) is 0 Å². The van der Waals surface area contributed by atoms with Gasteiger partial charge in [0.05, 0.1) is 6.26 Å². The van der Waals surface area contributed by atoms with Gasteiger partial charge < -0.3 is 4.42 Å². The lowest BCUT2D eigenvalue weighted by Crippen LogP contribution is -2.07. The molecule has 0 N–H and O–H groups in total. The molecule has 0 amide bonds. The van der Waals surface area contributed by atoms with Crippen molar-refractivity contribution in [1.82, 2.24) is 34.6 Å². The number of hydrogen-bond donors (Lipinski definition) is 0. The fraction of sp³-hybridized carbons (Fsp3) is 0.471. The summed E-state index contributed by atoms with van der Waals surface area (Å²) in [5.41, 5.74) is 1.86. The maximum absolute atomic E-state index is 5.36. The van der Waals surface area contributed by atoms with Crippen LogP contribution < -0.4 is 0 Å². The summed E-state index contributed by atoms with van der Waals surface area (Å²) in [5.74, 6) is 1.70. The summed E-state index contributed by atoms with van der Waals surface area (Å²) in [4.78, 5) is 10.5. The first kappa shape index (κ1) is 15.7. The van der Waals surface area contributed by atoms with Crippen molar-refractivity contribution in [3.8, 4) is 5.88 Å². The minimum atomic E-state index is 0.277. The number of hydrogen-bond acceptors (Lipinski definition) is 6. The SMILES string of the molecule is CCCCCCC(C)c1nc2nn(-c3ccco3)nc2c2ncnn12. The second-order valence-corrected chi connectivity index (χ2v) is 6.33. The Morgan fingerprint density at radius 2 is 2.12 bits per heavy atom. The molecule has 0 bridgehead atoms. The lowest BCUT2D eigenvalue weighted by Gasteiger charge is -2.11. The van der Waals surface area contributed by atoms with Crippen LogP contribution in [0.4, 0.5) is 0 Å². The summed E-state index contributed by atoms with van der Waals surface area (Å²) in [5, 5.41) is 13.3. The van der Waals surface area contributed by atoms with Crippen LogP contribution in [-0.2, 0) is 0 Å². The first-order valence-corrected chi connectivity index (χ1v) is 8.78. The van der Waals surface area contributed by atoms with Gasteiger partial charge in [0.2, 0.25) is 11.5 Å². The molecule has 0 saturated carbocycles. The van der Waals surface area contributed by atoms with Gasteiger partial charge in [-0.1, -0.05) is 39.5 Å². The maximum atomic E-state index is 5.36. The van der Waals surface area contributed by atoms with Crippen molar-refractivity contribution in [2.45, 2.75) is 51.9 Å². The van der Waals surface area contributed by atoms with E-state index in [1.54, 1.807) is 22.9 Å². The molecule has 0 radical (unpaired) electrons. The lowest BCUT2D eigenvalue weighted by molar-refractivity contribution is 0.501. The molecule has 25 heavy (non-hydrogen) atoms. The van der Waals surface area contributed by atoms with Gasteiger partial charge in [-0.15, -0.1) is 15.0 Å². The number of nitrogens with zero attached hydrogens (tertiary/aromatic N) is 7. The van der Waals surface area contributed by atoms with Gasteiger partial charge in [-0.2, -0.15) is 9.61 Å². The van der Waals surface area contributed by atoms with E-state index >= 15 is 0 Å². The van der Waals surface area contributed by atoms with Gasteiger partial charge in [0.15, 0.2) is 11.2 Å².